The van der Waals surface area contributed by atoms with E-state index in [1.807, 2.05) is 12.1 Å². The first-order valence-corrected chi connectivity index (χ1v) is 5.11. The summed E-state index contributed by atoms with van der Waals surface area (Å²) in [4.78, 5) is 14.6. The minimum absolute atomic E-state index is 0.0499. The van der Waals surface area contributed by atoms with Gasteiger partial charge in [-0.25, -0.2) is 0 Å². The van der Waals surface area contributed by atoms with Crippen LogP contribution in [0.5, 0.6) is 0 Å². The van der Waals surface area contributed by atoms with Crippen molar-refractivity contribution >= 4 is 5.97 Å². The molecule has 0 amide bonds. The van der Waals surface area contributed by atoms with Crippen LogP contribution in [-0.4, -0.2) is 35.3 Å². The maximum absolute atomic E-state index is 10.7. The summed E-state index contributed by atoms with van der Waals surface area (Å²) in [5.74, 6) is -0.882. The van der Waals surface area contributed by atoms with Crippen LogP contribution in [0, 0.1) is 0 Å². The number of aromatic nitrogens is 1. The highest BCUT2D eigenvalue weighted by Gasteiger charge is 2.46. The number of nitrogens with zero attached hydrogens (tertiary/aromatic N) is 1. The lowest BCUT2D eigenvalue weighted by Crippen LogP contribution is -2.59. The average Bonchev–Trinajstić information content (AvgIpc) is 2.16. The Morgan fingerprint density at radius 1 is 1.56 bits per heavy atom. The van der Waals surface area contributed by atoms with Crippen LogP contribution in [0.25, 0.3) is 0 Å². The van der Waals surface area contributed by atoms with Crippen molar-refractivity contribution in [2.45, 2.75) is 17.9 Å². The molecule has 1 atom stereocenters. The van der Waals surface area contributed by atoms with E-state index in [0.29, 0.717) is 13.2 Å². The lowest BCUT2D eigenvalue weighted by molar-refractivity contribution is -0.140. The first-order chi connectivity index (χ1) is 7.65. The Labute approximate surface area is 93.2 Å². The Balaban J connectivity index is 2.23. The molecule has 1 fully saturated rings. The Kier molecular flexibility index (Phi) is 2.89. The summed E-state index contributed by atoms with van der Waals surface area (Å²) < 4.78 is 5.20. The lowest BCUT2D eigenvalue weighted by Gasteiger charge is -2.45. The van der Waals surface area contributed by atoms with Gasteiger partial charge < -0.3 is 15.6 Å². The summed E-state index contributed by atoms with van der Waals surface area (Å²) in [7, 11) is 0. The molecule has 1 aromatic rings. The van der Waals surface area contributed by atoms with Gasteiger partial charge in [0.15, 0.2) is 0 Å². The third-order valence-corrected chi connectivity index (χ3v) is 3.08. The predicted octanol–water partition coefficient (Wildman–Crippen LogP) is 0.152. The Morgan fingerprint density at radius 3 is 2.62 bits per heavy atom. The maximum atomic E-state index is 10.7. The van der Waals surface area contributed by atoms with E-state index in [1.165, 1.54) is 0 Å². The van der Waals surface area contributed by atoms with E-state index in [-0.39, 0.29) is 11.8 Å². The van der Waals surface area contributed by atoms with Gasteiger partial charge >= 0.3 is 5.97 Å². The van der Waals surface area contributed by atoms with Gasteiger partial charge in [-0.2, -0.15) is 0 Å². The van der Waals surface area contributed by atoms with Gasteiger partial charge in [-0.1, -0.05) is 0 Å². The molecule has 0 spiro atoms. The largest absolute Gasteiger partial charge is 0.481 e. The van der Waals surface area contributed by atoms with Crippen molar-refractivity contribution in [2.24, 2.45) is 5.73 Å². The van der Waals surface area contributed by atoms with Gasteiger partial charge in [0.25, 0.3) is 0 Å². The molecule has 5 nitrogen and oxygen atoms in total. The third kappa shape index (κ3) is 1.79. The van der Waals surface area contributed by atoms with Gasteiger partial charge in [0.2, 0.25) is 0 Å². The molecule has 0 saturated carbocycles. The molecule has 86 valence electrons. The number of hydrogen-bond acceptors (Lipinski definition) is 4. The molecule has 0 aliphatic carbocycles. The zero-order chi connectivity index (χ0) is 11.6. The molecule has 1 aliphatic rings. The Morgan fingerprint density at radius 2 is 2.19 bits per heavy atom. The van der Waals surface area contributed by atoms with Crippen molar-refractivity contribution in [3.63, 3.8) is 0 Å². The fraction of sp³-hybridized carbons (Fsp3) is 0.455. The average molecular weight is 222 g/mol. The molecule has 3 N–H and O–H groups in total. The number of hydrogen-bond donors (Lipinski definition) is 2. The highest BCUT2D eigenvalue weighted by molar-refractivity contribution is 5.68. The first-order valence-electron chi connectivity index (χ1n) is 5.11. The molecule has 2 rings (SSSR count). The number of carboxylic acid groups (broad SMARTS) is 1. The van der Waals surface area contributed by atoms with E-state index in [1.54, 1.807) is 12.4 Å². The van der Waals surface area contributed by atoms with Crippen LogP contribution >= 0.6 is 0 Å². The number of carbonyl (C=O) groups is 1. The molecule has 0 aromatic carbocycles. The molecule has 0 bridgehead atoms. The Hall–Kier alpha value is -1.46. The molecule has 16 heavy (non-hydrogen) atoms. The zero-order valence-electron chi connectivity index (χ0n) is 8.80. The second-order valence-electron chi connectivity index (χ2n) is 4.09. The van der Waals surface area contributed by atoms with Crippen LogP contribution in [0.1, 0.15) is 12.0 Å². The van der Waals surface area contributed by atoms with Crippen LogP contribution in [0.4, 0.5) is 0 Å². The fourth-order valence-corrected chi connectivity index (χ4v) is 1.98. The number of nitrogens with two attached hydrogens (primary N) is 1. The number of rotatable bonds is 4. The highest BCUT2D eigenvalue weighted by atomic mass is 16.5. The fourth-order valence-electron chi connectivity index (χ4n) is 1.98. The van der Waals surface area contributed by atoms with Crippen molar-refractivity contribution in [3.8, 4) is 0 Å². The third-order valence-electron chi connectivity index (χ3n) is 3.08. The van der Waals surface area contributed by atoms with Gasteiger partial charge in [-0.05, 0) is 17.7 Å². The van der Waals surface area contributed by atoms with E-state index in [0.717, 1.165) is 5.56 Å². The molecule has 1 aromatic heterocycles. The smallest absolute Gasteiger partial charge is 0.304 e. The van der Waals surface area contributed by atoms with Crippen molar-refractivity contribution in [3.05, 3.63) is 30.1 Å². The summed E-state index contributed by atoms with van der Waals surface area (Å²) in [6, 6.07) is 3.30. The molecular weight excluding hydrogens is 208 g/mol. The van der Waals surface area contributed by atoms with Crippen LogP contribution < -0.4 is 5.73 Å². The van der Waals surface area contributed by atoms with E-state index in [9.17, 15) is 4.79 Å². The van der Waals surface area contributed by atoms with E-state index < -0.39 is 12.0 Å². The van der Waals surface area contributed by atoms with Crippen LogP contribution in [0.3, 0.4) is 0 Å². The minimum atomic E-state index is -0.882. The molecule has 2 heterocycles. The standard InChI is InChI=1S/C11H14N2O3/c12-9(5-10(14)15)11(6-16-7-11)8-1-3-13-4-2-8/h1-4,9H,5-7,12H2,(H,14,15). The van der Waals surface area contributed by atoms with E-state index >= 15 is 0 Å². The molecule has 0 radical (unpaired) electrons. The Bertz CT molecular complexity index is 376. The lowest BCUT2D eigenvalue weighted by atomic mass is 9.72. The molecule has 1 unspecified atom stereocenters. The van der Waals surface area contributed by atoms with Crippen molar-refractivity contribution in [1.29, 1.82) is 0 Å². The summed E-state index contributed by atoms with van der Waals surface area (Å²) in [6.07, 6.45) is 3.32. The molecular formula is C11H14N2O3. The van der Waals surface area contributed by atoms with Crippen molar-refractivity contribution in [2.75, 3.05) is 13.2 Å². The van der Waals surface area contributed by atoms with Gasteiger partial charge in [-0.15, -0.1) is 0 Å². The van der Waals surface area contributed by atoms with Crippen molar-refractivity contribution in [1.82, 2.24) is 4.98 Å². The van der Waals surface area contributed by atoms with E-state index in [4.69, 9.17) is 15.6 Å². The number of carboxylic acids is 1. The summed E-state index contributed by atoms with van der Waals surface area (Å²) >= 11 is 0. The van der Waals surface area contributed by atoms with Gasteiger partial charge in [0.1, 0.15) is 0 Å². The van der Waals surface area contributed by atoms with Gasteiger partial charge in [0, 0.05) is 18.4 Å². The molecule has 1 saturated heterocycles. The number of aliphatic carboxylic acids is 1. The zero-order valence-corrected chi connectivity index (χ0v) is 8.80. The van der Waals surface area contributed by atoms with Crippen LogP contribution in [-0.2, 0) is 14.9 Å². The minimum Gasteiger partial charge on any atom is -0.481 e. The molecule has 5 heteroatoms. The first kappa shape index (κ1) is 11.0. The normalized spacial score (nSPS) is 19.8. The quantitative estimate of drug-likeness (QED) is 0.757. The molecule has 1 aliphatic heterocycles. The second kappa shape index (κ2) is 4.19. The van der Waals surface area contributed by atoms with E-state index in [2.05, 4.69) is 4.98 Å². The topological polar surface area (TPSA) is 85.4 Å². The summed E-state index contributed by atoms with van der Waals surface area (Å²) in [6.45, 7) is 0.955. The second-order valence-corrected chi connectivity index (χ2v) is 4.09. The van der Waals surface area contributed by atoms with Crippen LogP contribution in [0.15, 0.2) is 24.5 Å². The maximum Gasteiger partial charge on any atom is 0.304 e. The van der Waals surface area contributed by atoms with Gasteiger partial charge in [0.05, 0.1) is 25.0 Å². The SMILES string of the molecule is NC(CC(=O)O)C1(c2ccncc2)COC1. The number of pyridine rings is 1. The summed E-state index contributed by atoms with van der Waals surface area (Å²) in [5.41, 5.74) is 6.61. The summed E-state index contributed by atoms with van der Waals surface area (Å²) in [5, 5.41) is 8.78. The monoisotopic (exact) mass is 222 g/mol. The van der Waals surface area contributed by atoms with Crippen LogP contribution in [0.2, 0.25) is 0 Å². The van der Waals surface area contributed by atoms with Gasteiger partial charge in [-0.3, -0.25) is 9.78 Å². The predicted molar refractivity (Wildman–Crippen MR) is 57.0 cm³/mol. The van der Waals surface area contributed by atoms with Crippen molar-refractivity contribution < 1.29 is 14.6 Å². The highest BCUT2D eigenvalue weighted by Crippen LogP contribution is 2.35. The number of ether oxygens (including phenoxy) is 1.